The van der Waals surface area contributed by atoms with E-state index in [1.807, 2.05) is 20.0 Å². The van der Waals surface area contributed by atoms with E-state index in [-0.39, 0.29) is 11.2 Å². The quantitative estimate of drug-likeness (QED) is 0.830. The average Bonchev–Trinajstić information content (AvgIpc) is 2.95. The van der Waals surface area contributed by atoms with Gasteiger partial charge in [-0.3, -0.25) is 9.36 Å². The summed E-state index contributed by atoms with van der Waals surface area (Å²) in [5.41, 5.74) is 3.51. The molecule has 0 fully saturated rings. The number of hydrogen-bond donors (Lipinski definition) is 1. The third kappa shape index (κ3) is 3.91. The van der Waals surface area contributed by atoms with Gasteiger partial charge in [0.25, 0.3) is 0 Å². The third-order valence-corrected chi connectivity index (χ3v) is 4.51. The molecule has 2 aromatic rings. The van der Waals surface area contributed by atoms with Gasteiger partial charge < -0.3 is 5.32 Å². The summed E-state index contributed by atoms with van der Waals surface area (Å²) in [6.45, 7) is 8.84. The Bertz CT molecular complexity index is 651. The van der Waals surface area contributed by atoms with Gasteiger partial charge in [0.05, 0.1) is 10.9 Å². The van der Waals surface area contributed by atoms with E-state index in [1.165, 1.54) is 22.9 Å². The summed E-state index contributed by atoms with van der Waals surface area (Å²) in [5, 5.41) is 3.60. The molecule has 5 heteroatoms. The van der Waals surface area contributed by atoms with Crippen LogP contribution < -0.4 is 5.32 Å². The summed E-state index contributed by atoms with van der Waals surface area (Å²) in [6, 6.07) is 6.35. The van der Waals surface area contributed by atoms with Crippen LogP contribution in [0.15, 0.2) is 35.7 Å². The van der Waals surface area contributed by atoms with Gasteiger partial charge in [-0.1, -0.05) is 30.8 Å². The molecule has 4 nitrogen and oxygen atoms in total. The highest BCUT2D eigenvalue weighted by molar-refractivity contribution is 8.00. The number of amides is 1. The molecule has 2 rings (SSSR count). The minimum absolute atomic E-state index is 0.0577. The SMILES string of the molecule is CCCNC(=O)C(C)Sc1nccn1-c1cc(C)ccc1C. The number of aryl methyl sites for hydroxylation is 2. The first kappa shape index (κ1) is 16.6. The van der Waals surface area contributed by atoms with Crippen molar-refractivity contribution in [3.8, 4) is 5.69 Å². The second-order valence-electron chi connectivity index (χ2n) is 5.42. The Morgan fingerprint density at radius 1 is 1.41 bits per heavy atom. The number of thioether (sulfide) groups is 1. The standard InChI is InChI=1S/C17H23N3OS/c1-5-8-18-16(21)14(4)22-17-19-9-10-20(17)15-11-12(2)6-7-13(15)3/h6-7,9-11,14H,5,8H2,1-4H3,(H,18,21). The Hall–Kier alpha value is -1.75. The lowest BCUT2D eigenvalue weighted by atomic mass is 10.1. The zero-order valence-electron chi connectivity index (χ0n) is 13.6. The number of carbonyl (C=O) groups excluding carboxylic acids is 1. The van der Waals surface area contributed by atoms with Gasteiger partial charge in [-0.15, -0.1) is 0 Å². The molecule has 1 heterocycles. The Labute approximate surface area is 136 Å². The maximum atomic E-state index is 12.0. The molecule has 1 aromatic carbocycles. The van der Waals surface area contributed by atoms with Gasteiger partial charge >= 0.3 is 0 Å². The van der Waals surface area contributed by atoms with Crippen molar-refractivity contribution < 1.29 is 4.79 Å². The molecular formula is C17H23N3OS. The second-order valence-corrected chi connectivity index (χ2v) is 6.73. The molecule has 0 aliphatic carbocycles. The van der Waals surface area contributed by atoms with Crippen LogP contribution in [0.25, 0.3) is 5.69 Å². The fraction of sp³-hybridized carbons (Fsp3) is 0.412. The molecule has 0 spiro atoms. The predicted molar refractivity (Wildman–Crippen MR) is 91.7 cm³/mol. The summed E-state index contributed by atoms with van der Waals surface area (Å²) in [5.74, 6) is 0.0577. The van der Waals surface area contributed by atoms with Crippen LogP contribution in [-0.4, -0.2) is 27.3 Å². The lowest BCUT2D eigenvalue weighted by Gasteiger charge is -2.14. The molecule has 1 N–H and O–H groups in total. The topological polar surface area (TPSA) is 46.9 Å². The highest BCUT2D eigenvalue weighted by atomic mass is 32.2. The highest BCUT2D eigenvalue weighted by Crippen LogP contribution is 2.26. The Balaban J connectivity index is 2.19. The Morgan fingerprint density at radius 2 is 2.18 bits per heavy atom. The summed E-state index contributed by atoms with van der Waals surface area (Å²) < 4.78 is 2.05. The van der Waals surface area contributed by atoms with Crippen LogP contribution in [0.2, 0.25) is 0 Å². The summed E-state index contributed by atoms with van der Waals surface area (Å²) >= 11 is 1.48. The number of rotatable bonds is 6. The van der Waals surface area contributed by atoms with E-state index in [4.69, 9.17) is 0 Å². The molecule has 0 saturated heterocycles. The van der Waals surface area contributed by atoms with Crippen molar-refractivity contribution in [3.63, 3.8) is 0 Å². The number of carbonyl (C=O) groups is 1. The van der Waals surface area contributed by atoms with Gasteiger partial charge in [-0.25, -0.2) is 4.98 Å². The lowest BCUT2D eigenvalue weighted by Crippen LogP contribution is -2.31. The molecular weight excluding hydrogens is 294 g/mol. The Kier molecular flexibility index (Phi) is 5.66. The van der Waals surface area contributed by atoms with Crippen LogP contribution in [0, 0.1) is 13.8 Å². The first-order chi connectivity index (χ1) is 10.5. The van der Waals surface area contributed by atoms with Gasteiger partial charge in [0, 0.05) is 18.9 Å². The number of imidazole rings is 1. The molecule has 1 unspecified atom stereocenters. The molecule has 0 bridgehead atoms. The van der Waals surface area contributed by atoms with Crippen molar-refractivity contribution in [2.24, 2.45) is 0 Å². The molecule has 1 aromatic heterocycles. The zero-order chi connectivity index (χ0) is 16.1. The highest BCUT2D eigenvalue weighted by Gasteiger charge is 2.17. The monoisotopic (exact) mass is 317 g/mol. The van der Waals surface area contributed by atoms with Crippen molar-refractivity contribution >= 4 is 17.7 Å². The maximum absolute atomic E-state index is 12.0. The normalized spacial score (nSPS) is 12.2. The van der Waals surface area contributed by atoms with Gasteiger partial charge in [0.1, 0.15) is 0 Å². The lowest BCUT2D eigenvalue weighted by molar-refractivity contribution is -0.120. The zero-order valence-corrected chi connectivity index (χ0v) is 14.4. The number of hydrogen-bond acceptors (Lipinski definition) is 3. The number of benzene rings is 1. The molecule has 1 amide bonds. The van der Waals surface area contributed by atoms with Crippen molar-refractivity contribution in [1.82, 2.24) is 14.9 Å². The Morgan fingerprint density at radius 3 is 2.91 bits per heavy atom. The van der Waals surface area contributed by atoms with Crippen LogP contribution in [0.1, 0.15) is 31.4 Å². The van der Waals surface area contributed by atoms with E-state index >= 15 is 0 Å². The van der Waals surface area contributed by atoms with E-state index in [0.717, 1.165) is 23.8 Å². The first-order valence-corrected chi connectivity index (χ1v) is 8.46. The summed E-state index contributed by atoms with van der Waals surface area (Å²) in [6.07, 6.45) is 4.67. The van der Waals surface area contributed by atoms with Crippen molar-refractivity contribution in [2.45, 2.75) is 44.5 Å². The van der Waals surface area contributed by atoms with Gasteiger partial charge in [0.15, 0.2) is 5.16 Å². The van der Waals surface area contributed by atoms with Crippen molar-refractivity contribution in [2.75, 3.05) is 6.54 Å². The average molecular weight is 317 g/mol. The minimum Gasteiger partial charge on any atom is -0.355 e. The largest absolute Gasteiger partial charge is 0.355 e. The summed E-state index contributed by atoms with van der Waals surface area (Å²) in [4.78, 5) is 16.4. The van der Waals surface area contributed by atoms with Crippen LogP contribution in [-0.2, 0) is 4.79 Å². The van der Waals surface area contributed by atoms with Crippen LogP contribution in [0.4, 0.5) is 0 Å². The maximum Gasteiger partial charge on any atom is 0.233 e. The van der Waals surface area contributed by atoms with E-state index in [1.54, 1.807) is 6.20 Å². The van der Waals surface area contributed by atoms with Gasteiger partial charge in [-0.2, -0.15) is 0 Å². The molecule has 0 saturated carbocycles. The first-order valence-electron chi connectivity index (χ1n) is 7.58. The number of nitrogens with one attached hydrogen (secondary N) is 1. The van der Waals surface area contributed by atoms with E-state index < -0.39 is 0 Å². The fourth-order valence-corrected chi connectivity index (χ4v) is 3.04. The molecule has 1 atom stereocenters. The van der Waals surface area contributed by atoms with Crippen LogP contribution in [0.5, 0.6) is 0 Å². The fourth-order valence-electron chi connectivity index (χ4n) is 2.14. The smallest absolute Gasteiger partial charge is 0.233 e. The van der Waals surface area contributed by atoms with Crippen molar-refractivity contribution in [3.05, 3.63) is 41.7 Å². The van der Waals surface area contributed by atoms with Crippen molar-refractivity contribution in [1.29, 1.82) is 0 Å². The second kappa shape index (κ2) is 7.49. The van der Waals surface area contributed by atoms with Crippen LogP contribution in [0.3, 0.4) is 0 Å². The molecule has 22 heavy (non-hydrogen) atoms. The van der Waals surface area contributed by atoms with E-state index in [2.05, 4.69) is 46.9 Å². The molecule has 0 radical (unpaired) electrons. The van der Waals surface area contributed by atoms with Gasteiger partial charge in [0.2, 0.25) is 5.91 Å². The molecule has 118 valence electrons. The molecule has 0 aliphatic rings. The van der Waals surface area contributed by atoms with E-state index in [0.29, 0.717) is 0 Å². The predicted octanol–water partition coefficient (Wildman–Crippen LogP) is 3.50. The molecule has 0 aliphatic heterocycles. The number of nitrogens with zero attached hydrogens (tertiary/aromatic N) is 2. The van der Waals surface area contributed by atoms with E-state index in [9.17, 15) is 4.79 Å². The van der Waals surface area contributed by atoms with Crippen LogP contribution >= 0.6 is 11.8 Å². The van der Waals surface area contributed by atoms with Gasteiger partial charge in [-0.05, 0) is 44.4 Å². The minimum atomic E-state index is -0.169. The summed E-state index contributed by atoms with van der Waals surface area (Å²) in [7, 11) is 0. The third-order valence-electron chi connectivity index (χ3n) is 3.43. The number of aromatic nitrogens is 2.